The Kier molecular flexibility index (Phi) is 5.74. The summed E-state index contributed by atoms with van der Waals surface area (Å²) in [7, 11) is 0. The highest BCUT2D eigenvalue weighted by Gasteiger charge is 1.93. The lowest BCUT2D eigenvalue weighted by atomic mass is 10.7. The molecule has 10 heavy (non-hydrogen) atoms. The molecule has 3 heteroatoms. The van der Waals surface area contributed by atoms with Crippen LogP contribution in [0.2, 0.25) is 0 Å². The van der Waals surface area contributed by atoms with Crippen LogP contribution in [0.25, 0.3) is 0 Å². The Balaban J connectivity index is 3.51. The molecule has 53 valence electrons. The fourth-order valence-corrected chi connectivity index (χ4v) is 0.447. The summed E-state index contributed by atoms with van der Waals surface area (Å²) in [4.78, 5) is 4.94. The average molecular weight is 154 g/mol. The van der Waals surface area contributed by atoms with Crippen LogP contribution < -0.4 is 0 Å². The molecule has 0 rings (SSSR count). The van der Waals surface area contributed by atoms with Crippen LogP contribution in [-0.2, 0) is 4.84 Å². The van der Waals surface area contributed by atoms with E-state index in [2.05, 4.69) is 30.2 Å². The van der Waals surface area contributed by atoms with Crippen molar-refractivity contribution in [2.24, 2.45) is 0 Å². The predicted molar refractivity (Wildman–Crippen MR) is 44.3 cm³/mol. The van der Waals surface area contributed by atoms with Gasteiger partial charge in [0, 0.05) is 0 Å². The van der Waals surface area contributed by atoms with Crippen LogP contribution >= 0.6 is 12.2 Å². The number of terminal acetylenes is 1. The van der Waals surface area contributed by atoms with Gasteiger partial charge >= 0.3 is 0 Å². The second kappa shape index (κ2) is 6.27. The van der Waals surface area contributed by atoms with Crippen molar-refractivity contribution in [2.75, 3.05) is 13.2 Å². The fourth-order valence-electron chi connectivity index (χ4n) is 0.330. The zero-order valence-electron chi connectivity index (χ0n) is 5.54. The monoisotopic (exact) mass is 154 g/mol. The highest BCUT2D eigenvalue weighted by atomic mass is 32.1. The van der Waals surface area contributed by atoms with Crippen LogP contribution in [0.3, 0.4) is 0 Å². The van der Waals surface area contributed by atoms with Crippen LogP contribution in [0.5, 0.6) is 0 Å². The van der Waals surface area contributed by atoms with Gasteiger partial charge in [0.2, 0.25) is 0 Å². The third kappa shape index (κ3) is 4.07. The second-order valence-corrected chi connectivity index (χ2v) is 1.60. The van der Waals surface area contributed by atoms with Gasteiger partial charge in [0.1, 0.15) is 6.54 Å². The Morgan fingerprint density at radius 3 is 2.90 bits per heavy atom. The van der Waals surface area contributed by atoms with Gasteiger partial charge in [-0.1, -0.05) is 24.2 Å². The van der Waals surface area contributed by atoms with E-state index in [9.17, 15) is 0 Å². The predicted octanol–water partition coefficient (Wildman–Crippen LogP) is 0.873. The van der Waals surface area contributed by atoms with E-state index in [1.54, 1.807) is 6.08 Å². The first-order valence-electron chi connectivity index (χ1n) is 2.67. The van der Waals surface area contributed by atoms with Gasteiger partial charge in [0.15, 0.2) is 5.49 Å². The van der Waals surface area contributed by atoms with Crippen molar-refractivity contribution in [1.82, 2.24) is 5.06 Å². The molecule has 0 N–H and O–H groups in total. The normalized spacial score (nSPS) is 7.90. The molecule has 0 aliphatic carbocycles. The Morgan fingerprint density at radius 1 is 1.80 bits per heavy atom. The quantitative estimate of drug-likeness (QED) is 0.192. The Labute approximate surface area is 66.4 Å². The van der Waals surface area contributed by atoms with Gasteiger partial charge in [0.05, 0.1) is 6.61 Å². The highest BCUT2D eigenvalue weighted by Crippen LogP contribution is 1.84. The summed E-state index contributed by atoms with van der Waals surface area (Å²) >= 11 is 4.47. The molecule has 0 aromatic heterocycles. The van der Waals surface area contributed by atoms with Crippen LogP contribution in [0, 0.1) is 12.3 Å². The van der Waals surface area contributed by atoms with Crippen molar-refractivity contribution in [3.05, 3.63) is 12.7 Å². The Morgan fingerprint density at radius 2 is 2.50 bits per heavy atom. The van der Waals surface area contributed by atoms with Crippen LogP contribution in [0.1, 0.15) is 0 Å². The number of thiocarbonyl (C=S) groups is 1. The summed E-state index contributed by atoms with van der Waals surface area (Å²) in [5, 5.41) is 1.27. The van der Waals surface area contributed by atoms with Crippen LogP contribution in [0.4, 0.5) is 0 Å². The van der Waals surface area contributed by atoms with Gasteiger partial charge in [-0.05, 0) is 0 Å². The molecule has 2 nitrogen and oxygen atoms in total. The number of hydrogen-bond donors (Lipinski definition) is 0. The zero-order valence-corrected chi connectivity index (χ0v) is 6.36. The molecule has 1 radical (unpaired) electrons. The molecule has 0 bridgehead atoms. The molecule has 0 saturated heterocycles. The topological polar surface area (TPSA) is 12.5 Å². The lowest BCUT2D eigenvalue weighted by molar-refractivity contribution is -0.0680. The summed E-state index contributed by atoms with van der Waals surface area (Å²) in [6, 6.07) is 0. The molecule has 0 fully saturated rings. The van der Waals surface area contributed by atoms with E-state index in [0.717, 1.165) is 0 Å². The largest absolute Gasteiger partial charge is 0.267 e. The minimum absolute atomic E-state index is 0.317. The SMILES string of the molecule is C#CCN([C]=S)OCC=C. The number of nitrogens with zero attached hydrogens (tertiary/aromatic N) is 1. The van der Waals surface area contributed by atoms with Crippen molar-refractivity contribution in [1.29, 1.82) is 0 Å². The molecule has 0 spiro atoms. The van der Waals surface area contributed by atoms with Gasteiger partial charge in [-0.25, -0.2) is 5.06 Å². The molecule has 0 aliphatic heterocycles. The molecule has 0 amide bonds. The van der Waals surface area contributed by atoms with E-state index in [1.165, 1.54) is 5.06 Å². The van der Waals surface area contributed by atoms with Gasteiger partial charge in [-0.15, -0.1) is 13.0 Å². The molecule has 0 atom stereocenters. The van der Waals surface area contributed by atoms with Gasteiger partial charge in [0.25, 0.3) is 0 Å². The van der Waals surface area contributed by atoms with E-state index in [4.69, 9.17) is 11.3 Å². The summed E-state index contributed by atoms with van der Waals surface area (Å²) in [5.41, 5.74) is 2.34. The minimum atomic E-state index is 0.317. The van der Waals surface area contributed by atoms with Crippen molar-refractivity contribution >= 4 is 17.7 Å². The molecule has 0 heterocycles. The number of hydroxylamine groups is 2. The third-order valence-corrected chi connectivity index (χ3v) is 0.889. The molecule has 0 saturated carbocycles. The first-order chi connectivity index (χ1) is 4.85. The highest BCUT2D eigenvalue weighted by molar-refractivity contribution is 7.78. The summed E-state index contributed by atoms with van der Waals surface area (Å²) < 4.78 is 0. The molecule has 0 unspecified atom stereocenters. The molecule has 0 aliphatic rings. The van der Waals surface area contributed by atoms with E-state index in [-0.39, 0.29) is 0 Å². The maximum atomic E-state index is 4.99. The smallest absolute Gasteiger partial charge is 0.164 e. The summed E-state index contributed by atoms with van der Waals surface area (Å²) in [6.07, 6.45) is 6.60. The van der Waals surface area contributed by atoms with Crippen LogP contribution in [0.15, 0.2) is 12.7 Å². The molecular weight excluding hydrogens is 146 g/mol. The fraction of sp³-hybridized carbons (Fsp3) is 0.286. The minimum Gasteiger partial charge on any atom is -0.267 e. The van der Waals surface area contributed by atoms with Gasteiger partial charge in [-0.3, -0.25) is 4.84 Å². The second-order valence-electron chi connectivity index (χ2n) is 1.42. The van der Waals surface area contributed by atoms with Crippen molar-refractivity contribution in [2.45, 2.75) is 0 Å². The van der Waals surface area contributed by atoms with E-state index in [1.807, 2.05) is 0 Å². The first-order valence-corrected chi connectivity index (χ1v) is 3.08. The average Bonchev–Trinajstić information content (AvgIpc) is 1.98. The molecule has 0 aromatic carbocycles. The zero-order chi connectivity index (χ0) is 7.82. The van der Waals surface area contributed by atoms with Gasteiger partial charge in [-0.2, -0.15) is 0 Å². The number of hydrogen-bond acceptors (Lipinski definition) is 2. The third-order valence-electron chi connectivity index (χ3n) is 0.685. The molecule has 0 aromatic rings. The maximum Gasteiger partial charge on any atom is 0.164 e. The van der Waals surface area contributed by atoms with Crippen molar-refractivity contribution < 1.29 is 4.84 Å². The Bertz CT molecular complexity index is 150. The lowest BCUT2D eigenvalue weighted by Gasteiger charge is -2.11. The van der Waals surface area contributed by atoms with E-state index < -0.39 is 0 Å². The summed E-state index contributed by atoms with van der Waals surface area (Å²) in [5.74, 6) is 2.37. The van der Waals surface area contributed by atoms with E-state index >= 15 is 0 Å². The summed E-state index contributed by atoms with van der Waals surface area (Å²) in [6.45, 7) is 4.17. The Hall–Kier alpha value is -0.850. The van der Waals surface area contributed by atoms with E-state index in [0.29, 0.717) is 13.2 Å². The van der Waals surface area contributed by atoms with Crippen molar-refractivity contribution in [3.8, 4) is 12.3 Å². The molecular formula is C7H8NOS. The first kappa shape index (κ1) is 9.15. The standard InChI is InChI=1S/C7H8NOS/c1-3-5-8(7-10)9-6-4-2/h1,4H,2,5-6H2. The van der Waals surface area contributed by atoms with Crippen molar-refractivity contribution in [3.63, 3.8) is 0 Å². The maximum absolute atomic E-state index is 4.99. The number of rotatable bonds is 5. The lowest BCUT2D eigenvalue weighted by Crippen LogP contribution is -2.21. The van der Waals surface area contributed by atoms with Crippen LogP contribution in [-0.4, -0.2) is 23.7 Å². The van der Waals surface area contributed by atoms with Gasteiger partial charge < -0.3 is 0 Å².